The zero-order valence-electron chi connectivity index (χ0n) is 7.12. The van der Waals surface area contributed by atoms with Crippen molar-refractivity contribution in [2.75, 3.05) is 7.11 Å². The first-order chi connectivity index (χ1) is 6.17. The summed E-state index contributed by atoms with van der Waals surface area (Å²) in [5, 5.41) is 9.22. The molecule has 0 aliphatic rings. The Balaban J connectivity index is 3.10. The van der Waals surface area contributed by atoms with Crippen LogP contribution in [0.1, 0.15) is 11.7 Å². The van der Waals surface area contributed by atoms with Gasteiger partial charge in [-0.2, -0.15) is 0 Å². The summed E-state index contributed by atoms with van der Waals surface area (Å²) < 4.78 is 17.7. The Labute approximate surface area is 76.0 Å². The molecule has 0 spiro atoms. The molecule has 0 bridgehead atoms. The summed E-state index contributed by atoms with van der Waals surface area (Å²) in [6, 6.07) is 3.88. The highest BCUT2D eigenvalue weighted by Gasteiger charge is 2.07. The van der Waals surface area contributed by atoms with E-state index in [1.54, 1.807) is 0 Å². The summed E-state index contributed by atoms with van der Waals surface area (Å²) in [6.45, 7) is 0. The average molecular weight is 180 g/mol. The number of hydrogen-bond donors (Lipinski definition) is 1. The van der Waals surface area contributed by atoms with Crippen LogP contribution in [0.25, 0.3) is 0 Å². The highest BCUT2D eigenvalue weighted by Crippen LogP contribution is 2.20. The Morgan fingerprint density at radius 2 is 2.23 bits per heavy atom. The lowest BCUT2D eigenvalue weighted by Crippen LogP contribution is -1.95. The van der Waals surface area contributed by atoms with Crippen molar-refractivity contribution in [3.05, 3.63) is 29.6 Å². The van der Waals surface area contributed by atoms with Crippen LogP contribution in [0.3, 0.4) is 0 Å². The number of aliphatic hydroxyl groups is 1. The minimum atomic E-state index is -1.09. The molecule has 68 valence electrons. The summed E-state index contributed by atoms with van der Waals surface area (Å²) in [4.78, 5) is 0. The third-order valence-electron chi connectivity index (χ3n) is 1.60. The largest absolute Gasteiger partial charge is 0.497 e. The molecule has 0 fully saturated rings. The van der Waals surface area contributed by atoms with Crippen LogP contribution >= 0.6 is 0 Å². The molecule has 2 nitrogen and oxygen atoms in total. The average Bonchev–Trinajstić information content (AvgIpc) is 2.15. The van der Waals surface area contributed by atoms with Gasteiger partial charge in [0.1, 0.15) is 17.7 Å². The van der Waals surface area contributed by atoms with Gasteiger partial charge in [-0.05, 0) is 17.7 Å². The van der Waals surface area contributed by atoms with Crippen molar-refractivity contribution in [3.63, 3.8) is 0 Å². The van der Waals surface area contributed by atoms with Gasteiger partial charge in [0.25, 0.3) is 0 Å². The molecule has 0 radical (unpaired) electrons. The smallest absolute Gasteiger partial charge is 0.140 e. The van der Waals surface area contributed by atoms with E-state index < -0.39 is 11.9 Å². The third kappa shape index (κ3) is 2.20. The molecule has 0 aliphatic heterocycles. The van der Waals surface area contributed by atoms with Gasteiger partial charge >= 0.3 is 0 Å². The number of methoxy groups -OCH3 is 1. The first kappa shape index (κ1) is 9.56. The van der Waals surface area contributed by atoms with Gasteiger partial charge < -0.3 is 9.84 Å². The van der Waals surface area contributed by atoms with Crippen molar-refractivity contribution in [1.29, 1.82) is 0 Å². The van der Waals surface area contributed by atoms with Gasteiger partial charge in [0, 0.05) is 6.07 Å². The Kier molecular flexibility index (Phi) is 2.88. The number of aliphatic hydroxyl groups excluding tert-OH is 1. The van der Waals surface area contributed by atoms with E-state index in [1.807, 2.05) is 0 Å². The second-order valence-corrected chi connectivity index (χ2v) is 2.49. The van der Waals surface area contributed by atoms with Crippen molar-refractivity contribution >= 4 is 0 Å². The van der Waals surface area contributed by atoms with Gasteiger partial charge in [-0.1, -0.05) is 5.92 Å². The number of terminal acetylenes is 1. The standard InChI is InChI=1S/C10H9FO2/c1-3-10(12)7-4-8(11)6-9(5-7)13-2/h1,4-6,10,12H,2H3. The third-order valence-corrected chi connectivity index (χ3v) is 1.60. The molecule has 1 aromatic carbocycles. The van der Waals surface area contributed by atoms with E-state index in [4.69, 9.17) is 11.2 Å². The van der Waals surface area contributed by atoms with Gasteiger partial charge in [0.2, 0.25) is 0 Å². The number of ether oxygens (including phenoxy) is 1. The van der Waals surface area contributed by atoms with Crippen LogP contribution in [0.5, 0.6) is 5.75 Å². The summed E-state index contributed by atoms with van der Waals surface area (Å²) in [7, 11) is 1.42. The summed E-state index contributed by atoms with van der Waals surface area (Å²) >= 11 is 0. The highest BCUT2D eigenvalue weighted by atomic mass is 19.1. The quantitative estimate of drug-likeness (QED) is 0.699. The van der Waals surface area contributed by atoms with Crippen LogP contribution in [0.15, 0.2) is 18.2 Å². The summed E-state index contributed by atoms with van der Waals surface area (Å²) in [5.74, 6) is 1.95. The Bertz CT molecular complexity index is 341. The van der Waals surface area contributed by atoms with E-state index in [1.165, 1.54) is 25.3 Å². The maximum Gasteiger partial charge on any atom is 0.140 e. The summed E-state index contributed by atoms with van der Waals surface area (Å²) in [5.41, 5.74) is 0.319. The predicted octanol–water partition coefficient (Wildman–Crippen LogP) is 1.50. The van der Waals surface area contributed by atoms with Gasteiger partial charge in [-0.3, -0.25) is 0 Å². The van der Waals surface area contributed by atoms with Gasteiger partial charge in [-0.15, -0.1) is 6.42 Å². The van der Waals surface area contributed by atoms with E-state index in [0.717, 1.165) is 0 Å². The van der Waals surface area contributed by atoms with Gasteiger partial charge in [0.05, 0.1) is 7.11 Å². The molecule has 0 heterocycles. The van der Waals surface area contributed by atoms with E-state index in [-0.39, 0.29) is 0 Å². The first-order valence-electron chi connectivity index (χ1n) is 3.66. The molecule has 0 saturated carbocycles. The van der Waals surface area contributed by atoms with E-state index >= 15 is 0 Å². The lowest BCUT2D eigenvalue weighted by molar-refractivity contribution is 0.237. The van der Waals surface area contributed by atoms with Crippen LogP contribution in [0.2, 0.25) is 0 Å². The molecule has 0 saturated heterocycles. The van der Waals surface area contributed by atoms with Crippen molar-refractivity contribution in [2.45, 2.75) is 6.10 Å². The van der Waals surface area contributed by atoms with Crippen molar-refractivity contribution in [3.8, 4) is 18.1 Å². The fourth-order valence-electron chi connectivity index (χ4n) is 0.956. The molecule has 0 amide bonds. The lowest BCUT2D eigenvalue weighted by Gasteiger charge is -2.06. The van der Waals surface area contributed by atoms with Crippen LogP contribution in [0.4, 0.5) is 4.39 Å². The van der Waals surface area contributed by atoms with Crippen LogP contribution in [0, 0.1) is 18.2 Å². The van der Waals surface area contributed by atoms with E-state index in [0.29, 0.717) is 11.3 Å². The number of hydrogen-bond acceptors (Lipinski definition) is 2. The second-order valence-electron chi connectivity index (χ2n) is 2.49. The normalized spacial score (nSPS) is 11.8. The van der Waals surface area contributed by atoms with Crippen LogP contribution < -0.4 is 4.74 Å². The van der Waals surface area contributed by atoms with E-state index in [2.05, 4.69) is 5.92 Å². The van der Waals surface area contributed by atoms with Gasteiger partial charge in [0.15, 0.2) is 0 Å². The molecule has 1 unspecified atom stereocenters. The van der Waals surface area contributed by atoms with E-state index in [9.17, 15) is 9.50 Å². The monoisotopic (exact) mass is 180 g/mol. The Hall–Kier alpha value is -1.53. The Morgan fingerprint density at radius 1 is 1.54 bits per heavy atom. The molecule has 1 N–H and O–H groups in total. The summed E-state index contributed by atoms with van der Waals surface area (Å²) in [6.07, 6.45) is 3.89. The van der Waals surface area contributed by atoms with Crippen LogP contribution in [-0.4, -0.2) is 12.2 Å². The molecule has 0 aromatic heterocycles. The van der Waals surface area contributed by atoms with Gasteiger partial charge in [-0.25, -0.2) is 4.39 Å². The lowest BCUT2D eigenvalue weighted by atomic mass is 10.1. The zero-order chi connectivity index (χ0) is 9.84. The molecule has 13 heavy (non-hydrogen) atoms. The van der Waals surface area contributed by atoms with Crippen LogP contribution in [-0.2, 0) is 0 Å². The number of halogens is 1. The number of benzene rings is 1. The molecular formula is C10H9FO2. The SMILES string of the molecule is C#CC(O)c1cc(F)cc(OC)c1. The fraction of sp³-hybridized carbons (Fsp3) is 0.200. The molecule has 3 heteroatoms. The predicted molar refractivity (Wildman–Crippen MR) is 46.7 cm³/mol. The van der Waals surface area contributed by atoms with Crippen molar-refractivity contribution < 1.29 is 14.2 Å². The molecule has 1 rings (SSSR count). The fourth-order valence-corrected chi connectivity index (χ4v) is 0.956. The highest BCUT2D eigenvalue weighted by molar-refractivity contribution is 5.33. The second kappa shape index (κ2) is 3.92. The zero-order valence-corrected chi connectivity index (χ0v) is 7.12. The molecule has 1 aromatic rings. The number of rotatable bonds is 2. The molecule has 0 aliphatic carbocycles. The molecular weight excluding hydrogens is 171 g/mol. The maximum atomic E-state index is 12.9. The molecule has 1 atom stereocenters. The maximum absolute atomic E-state index is 12.9. The first-order valence-corrected chi connectivity index (χ1v) is 3.66. The van der Waals surface area contributed by atoms with Crippen molar-refractivity contribution in [2.24, 2.45) is 0 Å². The minimum absolute atomic E-state index is 0.319. The Morgan fingerprint density at radius 3 is 2.77 bits per heavy atom. The van der Waals surface area contributed by atoms with Crippen molar-refractivity contribution in [1.82, 2.24) is 0 Å². The topological polar surface area (TPSA) is 29.5 Å². The minimum Gasteiger partial charge on any atom is -0.497 e.